The Morgan fingerprint density at radius 1 is 1.09 bits per heavy atom. The minimum Gasteiger partial charge on any atom is -0.467 e. The molecule has 0 fully saturated rings. The van der Waals surface area contributed by atoms with E-state index in [1.807, 2.05) is 12.3 Å². The average Bonchev–Trinajstić information content (AvgIpc) is 3.22. The Labute approximate surface area is 201 Å². The molecule has 0 aliphatic rings. The number of aromatic nitrogens is 4. The molecule has 0 saturated heterocycles. The molecule has 6 heteroatoms. The van der Waals surface area contributed by atoms with Gasteiger partial charge in [-0.3, -0.25) is 9.55 Å². The van der Waals surface area contributed by atoms with Crippen LogP contribution in [0.5, 0.6) is 6.01 Å². The number of aryl methyl sites for hydroxylation is 4. The highest BCUT2D eigenvalue weighted by molar-refractivity contribution is 5.88. The summed E-state index contributed by atoms with van der Waals surface area (Å²) in [6.07, 6.45) is 7.67. The molecule has 34 heavy (non-hydrogen) atoms. The third-order valence-electron chi connectivity index (χ3n) is 6.70. The second-order valence-corrected chi connectivity index (χ2v) is 8.93. The lowest BCUT2D eigenvalue weighted by atomic mass is 9.96. The Bertz CT molecular complexity index is 1250. The number of rotatable bonds is 9. The lowest BCUT2D eigenvalue weighted by Crippen LogP contribution is -2.05. The quantitative estimate of drug-likeness (QED) is 0.352. The Kier molecular flexibility index (Phi) is 7.27. The first-order valence-electron chi connectivity index (χ1n) is 12.1. The lowest BCUT2D eigenvalue weighted by molar-refractivity contribution is 0.215. The van der Waals surface area contributed by atoms with Crippen LogP contribution in [-0.4, -0.2) is 38.3 Å². The van der Waals surface area contributed by atoms with E-state index in [1.54, 1.807) is 7.11 Å². The highest BCUT2D eigenvalue weighted by Crippen LogP contribution is 2.32. The van der Waals surface area contributed by atoms with Crippen LogP contribution in [-0.2, 0) is 12.8 Å². The van der Waals surface area contributed by atoms with Gasteiger partial charge < -0.3 is 9.84 Å². The van der Waals surface area contributed by atoms with Crippen molar-refractivity contribution in [3.8, 4) is 23.1 Å². The first kappa shape index (κ1) is 23.9. The molecule has 1 N–H and O–H groups in total. The van der Waals surface area contributed by atoms with E-state index in [9.17, 15) is 5.11 Å². The number of methoxy groups -OCH3 is 1. The van der Waals surface area contributed by atoms with Crippen LogP contribution in [0.4, 0.5) is 0 Å². The fourth-order valence-electron chi connectivity index (χ4n) is 4.58. The minimum atomic E-state index is 0.216. The summed E-state index contributed by atoms with van der Waals surface area (Å²) in [5, 5.41) is 10.9. The van der Waals surface area contributed by atoms with Crippen molar-refractivity contribution in [2.75, 3.05) is 13.7 Å². The van der Waals surface area contributed by atoms with Gasteiger partial charge in [0.15, 0.2) is 0 Å². The van der Waals surface area contributed by atoms with Crippen LogP contribution in [0.1, 0.15) is 49.1 Å². The van der Waals surface area contributed by atoms with E-state index in [0.717, 1.165) is 53.8 Å². The average molecular weight is 459 g/mol. The van der Waals surface area contributed by atoms with Crippen molar-refractivity contribution < 1.29 is 9.84 Å². The van der Waals surface area contributed by atoms with Crippen molar-refractivity contribution in [3.63, 3.8) is 0 Å². The SMILES string of the molecule is CCc1cc(-n2cc(CCC(CC)CO)c3cc(-c4c(C)cccc4C)ncc32)nc(OC)n1. The number of ether oxygens (including phenoxy) is 1. The van der Waals surface area contributed by atoms with Crippen molar-refractivity contribution >= 4 is 10.9 Å². The van der Waals surface area contributed by atoms with Crippen molar-refractivity contribution in [2.45, 2.75) is 53.4 Å². The summed E-state index contributed by atoms with van der Waals surface area (Å²) in [5.41, 5.74) is 7.75. The summed E-state index contributed by atoms with van der Waals surface area (Å²) < 4.78 is 7.46. The second kappa shape index (κ2) is 10.3. The zero-order valence-electron chi connectivity index (χ0n) is 20.8. The largest absolute Gasteiger partial charge is 0.467 e. The number of nitrogens with zero attached hydrogens (tertiary/aromatic N) is 4. The predicted octanol–water partition coefficient (Wildman–Crippen LogP) is 5.62. The van der Waals surface area contributed by atoms with Gasteiger partial charge in [-0.25, -0.2) is 4.98 Å². The maximum absolute atomic E-state index is 9.72. The molecule has 4 rings (SSSR count). The normalized spacial score (nSPS) is 12.3. The van der Waals surface area contributed by atoms with Gasteiger partial charge in [0.2, 0.25) is 0 Å². The molecule has 0 spiro atoms. The number of aliphatic hydroxyl groups excluding tert-OH is 1. The van der Waals surface area contributed by atoms with Gasteiger partial charge in [-0.05, 0) is 61.8 Å². The topological polar surface area (TPSA) is 73.1 Å². The molecule has 0 aliphatic heterocycles. The van der Waals surface area contributed by atoms with Crippen LogP contribution in [0, 0.1) is 19.8 Å². The maximum atomic E-state index is 9.72. The molecule has 1 atom stereocenters. The zero-order valence-corrected chi connectivity index (χ0v) is 20.8. The van der Waals surface area contributed by atoms with Crippen LogP contribution in [0.25, 0.3) is 28.0 Å². The molecule has 6 nitrogen and oxygen atoms in total. The molecule has 4 aromatic rings. The molecule has 178 valence electrons. The molecule has 0 bridgehead atoms. The van der Waals surface area contributed by atoms with E-state index in [0.29, 0.717) is 11.9 Å². The number of benzene rings is 1. The molecule has 0 amide bonds. The number of aliphatic hydroxyl groups is 1. The summed E-state index contributed by atoms with van der Waals surface area (Å²) in [5.74, 6) is 1.07. The van der Waals surface area contributed by atoms with Gasteiger partial charge in [0, 0.05) is 35.5 Å². The fourth-order valence-corrected chi connectivity index (χ4v) is 4.58. The van der Waals surface area contributed by atoms with Gasteiger partial charge in [-0.2, -0.15) is 4.98 Å². The number of fused-ring (bicyclic) bond motifs is 1. The van der Waals surface area contributed by atoms with Gasteiger partial charge in [-0.1, -0.05) is 38.5 Å². The highest BCUT2D eigenvalue weighted by Gasteiger charge is 2.17. The van der Waals surface area contributed by atoms with E-state index >= 15 is 0 Å². The summed E-state index contributed by atoms with van der Waals surface area (Å²) in [7, 11) is 1.59. The van der Waals surface area contributed by atoms with E-state index in [4.69, 9.17) is 9.72 Å². The Balaban J connectivity index is 1.89. The molecular weight excluding hydrogens is 424 g/mol. The van der Waals surface area contributed by atoms with Gasteiger partial charge in [0.05, 0.1) is 24.5 Å². The van der Waals surface area contributed by atoms with Crippen molar-refractivity contribution in [1.29, 1.82) is 0 Å². The third kappa shape index (κ3) is 4.68. The Morgan fingerprint density at radius 2 is 1.85 bits per heavy atom. The molecular formula is C28H34N4O2. The van der Waals surface area contributed by atoms with Crippen molar-refractivity contribution in [3.05, 3.63) is 65.1 Å². The number of pyridine rings is 1. The second-order valence-electron chi connectivity index (χ2n) is 8.93. The maximum Gasteiger partial charge on any atom is 0.318 e. The van der Waals surface area contributed by atoms with Crippen LogP contribution in [0.3, 0.4) is 0 Å². The van der Waals surface area contributed by atoms with Crippen LogP contribution in [0.2, 0.25) is 0 Å². The molecule has 3 heterocycles. The summed E-state index contributed by atoms with van der Waals surface area (Å²) >= 11 is 0. The number of hydrogen-bond donors (Lipinski definition) is 1. The van der Waals surface area contributed by atoms with Crippen LogP contribution < -0.4 is 4.74 Å². The highest BCUT2D eigenvalue weighted by atomic mass is 16.5. The summed E-state index contributed by atoms with van der Waals surface area (Å²) in [6, 6.07) is 10.9. The predicted molar refractivity (Wildman–Crippen MR) is 137 cm³/mol. The van der Waals surface area contributed by atoms with E-state index in [1.165, 1.54) is 22.3 Å². The zero-order chi connectivity index (χ0) is 24.2. The molecule has 0 aliphatic carbocycles. The van der Waals surface area contributed by atoms with E-state index in [2.05, 4.69) is 72.7 Å². The minimum absolute atomic E-state index is 0.216. The Morgan fingerprint density at radius 3 is 2.50 bits per heavy atom. The van der Waals surface area contributed by atoms with Gasteiger partial charge >= 0.3 is 6.01 Å². The smallest absolute Gasteiger partial charge is 0.318 e. The third-order valence-corrected chi connectivity index (χ3v) is 6.70. The van der Waals surface area contributed by atoms with Crippen LogP contribution in [0.15, 0.2) is 42.7 Å². The molecule has 3 aromatic heterocycles. The summed E-state index contributed by atoms with van der Waals surface area (Å²) in [6.45, 7) is 8.68. The molecule has 1 unspecified atom stereocenters. The monoisotopic (exact) mass is 458 g/mol. The standard InChI is InChI=1S/C28H34N4O2/c1-6-20(17-33)11-12-21-16-32(26-13-22(7-2)30-28(31-26)34-5)25-15-29-24(14-23(21)25)27-18(3)9-8-10-19(27)4/h8-10,13-16,20,33H,6-7,11-12,17H2,1-5H3. The lowest BCUT2D eigenvalue weighted by Gasteiger charge is -2.11. The first-order valence-corrected chi connectivity index (χ1v) is 12.1. The van der Waals surface area contributed by atoms with Gasteiger partial charge in [0.25, 0.3) is 0 Å². The molecule has 0 radical (unpaired) electrons. The summed E-state index contributed by atoms with van der Waals surface area (Å²) in [4.78, 5) is 14.0. The van der Waals surface area contributed by atoms with Gasteiger partial charge in [-0.15, -0.1) is 0 Å². The molecule has 0 saturated carbocycles. The van der Waals surface area contributed by atoms with Crippen molar-refractivity contribution in [2.24, 2.45) is 5.92 Å². The van der Waals surface area contributed by atoms with Crippen molar-refractivity contribution in [1.82, 2.24) is 19.5 Å². The van der Waals surface area contributed by atoms with E-state index < -0.39 is 0 Å². The molecule has 1 aromatic carbocycles. The van der Waals surface area contributed by atoms with E-state index in [-0.39, 0.29) is 6.61 Å². The van der Waals surface area contributed by atoms with Crippen LogP contribution >= 0.6 is 0 Å². The number of hydrogen-bond acceptors (Lipinski definition) is 5. The first-order chi connectivity index (χ1) is 16.5. The Hall–Kier alpha value is -3.25. The van der Waals surface area contributed by atoms with Gasteiger partial charge in [0.1, 0.15) is 5.82 Å². The fraction of sp³-hybridized carbons (Fsp3) is 0.393.